The van der Waals surface area contributed by atoms with Gasteiger partial charge in [0.15, 0.2) is 0 Å². The van der Waals surface area contributed by atoms with Gasteiger partial charge in [-0.2, -0.15) is 0 Å². The van der Waals surface area contributed by atoms with Crippen molar-refractivity contribution in [2.45, 2.75) is 38.6 Å². The summed E-state index contributed by atoms with van der Waals surface area (Å²) >= 11 is 3.34. The Labute approximate surface area is 99.0 Å². The number of hydrogen-bond donors (Lipinski definition) is 1. The number of rotatable bonds is 4. The topological polar surface area (TPSA) is 26.0 Å². The molecule has 0 radical (unpaired) electrons. The molecule has 1 nitrogen and oxygen atoms in total. The predicted octanol–water partition coefficient (Wildman–Crippen LogP) is 3.65. The highest BCUT2D eigenvalue weighted by molar-refractivity contribution is 9.10. The first-order valence-corrected chi connectivity index (χ1v) is 5.90. The number of halogens is 2. The highest BCUT2D eigenvalue weighted by atomic mass is 79.9. The van der Waals surface area contributed by atoms with Crippen LogP contribution in [0.15, 0.2) is 22.7 Å². The minimum Gasteiger partial charge on any atom is -0.326 e. The van der Waals surface area contributed by atoms with Crippen LogP contribution < -0.4 is 5.73 Å². The van der Waals surface area contributed by atoms with Crippen LogP contribution in [0.1, 0.15) is 32.3 Å². The van der Waals surface area contributed by atoms with Crippen molar-refractivity contribution >= 4 is 15.9 Å². The van der Waals surface area contributed by atoms with Crippen LogP contribution in [0, 0.1) is 5.82 Å². The maximum absolute atomic E-state index is 13.3. The molecular weight excluding hydrogens is 257 g/mol. The normalized spacial score (nSPS) is 11.8. The van der Waals surface area contributed by atoms with E-state index in [2.05, 4.69) is 15.9 Å². The van der Waals surface area contributed by atoms with Gasteiger partial charge in [-0.3, -0.25) is 0 Å². The quantitative estimate of drug-likeness (QED) is 0.891. The largest absolute Gasteiger partial charge is 0.326 e. The summed E-state index contributed by atoms with van der Waals surface area (Å²) in [5.74, 6) is -0.131. The van der Waals surface area contributed by atoms with Crippen LogP contribution in [0.5, 0.6) is 0 Å². The highest BCUT2D eigenvalue weighted by Gasteiger charge is 2.10. The fraction of sp³-hybridized carbons (Fsp3) is 0.500. The zero-order valence-electron chi connectivity index (χ0n) is 9.19. The Morgan fingerprint density at radius 1 is 1.40 bits per heavy atom. The highest BCUT2D eigenvalue weighted by Crippen LogP contribution is 2.18. The van der Waals surface area contributed by atoms with Gasteiger partial charge in [-0.15, -0.1) is 0 Å². The lowest BCUT2D eigenvalue weighted by Crippen LogP contribution is -2.31. The Morgan fingerprint density at radius 2 is 2.07 bits per heavy atom. The zero-order valence-corrected chi connectivity index (χ0v) is 10.8. The van der Waals surface area contributed by atoms with Gasteiger partial charge < -0.3 is 5.73 Å². The summed E-state index contributed by atoms with van der Waals surface area (Å²) in [6.45, 7) is 3.98. The second-order valence-corrected chi connectivity index (χ2v) is 5.49. The molecule has 1 rings (SSSR count). The SMILES string of the molecule is CC(C)(N)CCCc1cc(Br)ccc1F. The second-order valence-electron chi connectivity index (χ2n) is 4.58. The Morgan fingerprint density at radius 3 is 2.67 bits per heavy atom. The van der Waals surface area contributed by atoms with E-state index in [4.69, 9.17) is 5.73 Å². The number of aryl methyl sites for hydroxylation is 1. The lowest BCUT2D eigenvalue weighted by Gasteiger charge is -2.17. The number of benzene rings is 1. The molecule has 0 amide bonds. The van der Waals surface area contributed by atoms with Crippen molar-refractivity contribution < 1.29 is 4.39 Å². The van der Waals surface area contributed by atoms with E-state index in [-0.39, 0.29) is 11.4 Å². The molecule has 3 heteroatoms. The van der Waals surface area contributed by atoms with Crippen LogP contribution in [0.2, 0.25) is 0 Å². The fourth-order valence-electron chi connectivity index (χ4n) is 1.47. The molecule has 0 atom stereocenters. The molecule has 0 saturated heterocycles. The Balaban J connectivity index is 2.54. The van der Waals surface area contributed by atoms with E-state index < -0.39 is 0 Å². The van der Waals surface area contributed by atoms with Gasteiger partial charge in [0, 0.05) is 10.0 Å². The third-order valence-corrected chi connectivity index (χ3v) is 2.77. The van der Waals surface area contributed by atoms with Gasteiger partial charge in [0.05, 0.1) is 0 Å². The van der Waals surface area contributed by atoms with Crippen LogP contribution in [0.4, 0.5) is 4.39 Å². The smallest absolute Gasteiger partial charge is 0.126 e. The maximum atomic E-state index is 13.3. The van der Waals surface area contributed by atoms with Gasteiger partial charge in [-0.25, -0.2) is 4.39 Å². The molecule has 1 aromatic carbocycles. The van der Waals surface area contributed by atoms with Gasteiger partial charge in [0.1, 0.15) is 5.82 Å². The van der Waals surface area contributed by atoms with E-state index in [9.17, 15) is 4.39 Å². The molecule has 0 aliphatic rings. The van der Waals surface area contributed by atoms with Crippen molar-refractivity contribution in [2.24, 2.45) is 5.73 Å². The summed E-state index contributed by atoms with van der Waals surface area (Å²) in [5.41, 5.74) is 6.46. The molecule has 0 aromatic heterocycles. The molecule has 0 spiro atoms. The molecule has 15 heavy (non-hydrogen) atoms. The summed E-state index contributed by atoms with van der Waals surface area (Å²) in [7, 11) is 0. The van der Waals surface area contributed by atoms with Crippen LogP contribution >= 0.6 is 15.9 Å². The fourth-order valence-corrected chi connectivity index (χ4v) is 1.88. The summed E-state index contributed by atoms with van der Waals surface area (Å²) in [6.07, 6.45) is 2.56. The van der Waals surface area contributed by atoms with E-state index in [1.165, 1.54) is 6.07 Å². The first-order valence-electron chi connectivity index (χ1n) is 5.11. The van der Waals surface area contributed by atoms with Crippen molar-refractivity contribution in [3.05, 3.63) is 34.1 Å². The molecule has 0 saturated carbocycles. The first-order chi connectivity index (χ1) is 6.88. The van der Waals surface area contributed by atoms with E-state index >= 15 is 0 Å². The van der Waals surface area contributed by atoms with Crippen molar-refractivity contribution in [3.8, 4) is 0 Å². The van der Waals surface area contributed by atoms with E-state index in [0.29, 0.717) is 0 Å². The van der Waals surface area contributed by atoms with Crippen LogP contribution in [0.25, 0.3) is 0 Å². The van der Waals surface area contributed by atoms with Gasteiger partial charge in [-0.05, 0) is 56.9 Å². The van der Waals surface area contributed by atoms with Crippen LogP contribution in [0.3, 0.4) is 0 Å². The minimum atomic E-state index is -0.164. The monoisotopic (exact) mass is 273 g/mol. The number of nitrogens with two attached hydrogens (primary N) is 1. The number of hydrogen-bond acceptors (Lipinski definition) is 1. The minimum absolute atomic E-state index is 0.131. The lowest BCUT2D eigenvalue weighted by molar-refractivity contribution is 0.456. The predicted molar refractivity (Wildman–Crippen MR) is 65.3 cm³/mol. The second kappa shape index (κ2) is 5.08. The molecule has 2 N–H and O–H groups in total. The first kappa shape index (κ1) is 12.7. The molecular formula is C12H17BrFN. The molecule has 0 heterocycles. The summed E-state index contributed by atoms with van der Waals surface area (Å²) in [6, 6.07) is 5.04. The molecule has 1 aromatic rings. The third kappa shape index (κ3) is 4.76. The van der Waals surface area contributed by atoms with E-state index in [1.807, 2.05) is 19.9 Å². The Hall–Kier alpha value is -0.410. The molecule has 0 aliphatic heterocycles. The van der Waals surface area contributed by atoms with Crippen LogP contribution in [-0.2, 0) is 6.42 Å². The standard InChI is InChI=1S/C12H17BrFN/c1-12(2,15)7-3-4-9-8-10(13)5-6-11(9)14/h5-6,8H,3-4,7,15H2,1-2H3. The van der Waals surface area contributed by atoms with Gasteiger partial charge >= 0.3 is 0 Å². The average molecular weight is 274 g/mol. The van der Waals surface area contributed by atoms with Crippen molar-refractivity contribution in [1.29, 1.82) is 0 Å². The van der Waals surface area contributed by atoms with Gasteiger partial charge in [0.25, 0.3) is 0 Å². The molecule has 0 bridgehead atoms. The van der Waals surface area contributed by atoms with E-state index in [0.717, 1.165) is 29.3 Å². The summed E-state index contributed by atoms with van der Waals surface area (Å²) < 4.78 is 14.3. The van der Waals surface area contributed by atoms with Crippen LogP contribution in [-0.4, -0.2) is 5.54 Å². The van der Waals surface area contributed by atoms with Crippen molar-refractivity contribution in [2.75, 3.05) is 0 Å². The van der Waals surface area contributed by atoms with Gasteiger partial charge in [0.2, 0.25) is 0 Å². The Bertz CT molecular complexity index is 331. The lowest BCUT2D eigenvalue weighted by atomic mass is 9.97. The van der Waals surface area contributed by atoms with Gasteiger partial charge in [-0.1, -0.05) is 15.9 Å². The third-order valence-electron chi connectivity index (χ3n) is 2.27. The Kier molecular flexibility index (Phi) is 4.29. The summed E-state index contributed by atoms with van der Waals surface area (Å²) in [4.78, 5) is 0. The van der Waals surface area contributed by atoms with Crippen molar-refractivity contribution in [3.63, 3.8) is 0 Å². The van der Waals surface area contributed by atoms with E-state index in [1.54, 1.807) is 6.07 Å². The molecule has 0 unspecified atom stereocenters. The zero-order chi connectivity index (χ0) is 11.5. The summed E-state index contributed by atoms with van der Waals surface area (Å²) in [5, 5.41) is 0. The average Bonchev–Trinajstić information content (AvgIpc) is 2.09. The maximum Gasteiger partial charge on any atom is 0.126 e. The molecule has 0 fully saturated rings. The van der Waals surface area contributed by atoms with Crippen molar-refractivity contribution in [1.82, 2.24) is 0 Å². The molecule has 0 aliphatic carbocycles. The molecule has 84 valence electrons.